The minimum atomic E-state index is 0.229. The summed E-state index contributed by atoms with van der Waals surface area (Å²) in [6.07, 6.45) is 6.23. The number of rotatable bonds is 4. The fraction of sp³-hybridized carbons (Fsp3) is 0.571. The first-order valence-corrected chi connectivity index (χ1v) is 6.62. The summed E-state index contributed by atoms with van der Waals surface area (Å²) in [5, 5.41) is 0. The van der Waals surface area contributed by atoms with E-state index in [-0.39, 0.29) is 17.9 Å². The lowest BCUT2D eigenvalue weighted by atomic mass is 9.98. The highest BCUT2D eigenvalue weighted by Crippen LogP contribution is 2.23. The number of nitrogens with zero attached hydrogens (tertiary/aromatic N) is 2. The van der Waals surface area contributed by atoms with Crippen molar-refractivity contribution in [2.24, 2.45) is 5.73 Å². The molecule has 0 spiro atoms. The Bertz CT molecular complexity index is 393. The fourth-order valence-electron chi connectivity index (χ4n) is 2.60. The SMILES string of the molecule is C[C@@H](CC(=O)N1CCC[C@@H]1CN)c1ccncc1. The number of carbonyl (C=O) groups is 1. The van der Waals surface area contributed by atoms with Gasteiger partial charge in [-0.1, -0.05) is 6.92 Å². The summed E-state index contributed by atoms with van der Waals surface area (Å²) in [4.78, 5) is 18.2. The van der Waals surface area contributed by atoms with Crippen molar-refractivity contribution >= 4 is 5.91 Å². The van der Waals surface area contributed by atoms with Crippen molar-refractivity contribution in [3.05, 3.63) is 30.1 Å². The molecule has 1 aliphatic rings. The van der Waals surface area contributed by atoms with E-state index in [4.69, 9.17) is 5.73 Å². The van der Waals surface area contributed by atoms with E-state index in [2.05, 4.69) is 11.9 Å². The van der Waals surface area contributed by atoms with E-state index in [1.165, 1.54) is 5.56 Å². The van der Waals surface area contributed by atoms with E-state index < -0.39 is 0 Å². The number of aromatic nitrogens is 1. The molecule has 2 rings (SSSR count). The Hall–Kier alpha value is -1.42. The molecule has 0 aromatic carbocycles. The largest absolute Gasteiger partial charge is 0.338 e. The Morgan fingerprint density at radius 3 is 2.94 bits per heavy atom. The van der Waals surface area contributed by atoms with Gasteiger partial charge in [-0.3, -0.25) is 9.78 Å². The molecule has 18 heavy (non-hydrogen) atoms. The molecular formula is C14H21N3O. The van der Waals surface area contributed by atoms with E-state index in [1.807, 2.05) is 17.0 Å². The van der Waals surface area contributed by atoms with Gasteiger partial charge < -0.3 is 10.6 Å². The quantitative estimate of drug-likeness (QED) is 0.877. The molecule has 1 aromatic heterocycles. The standard InChI is InChI=1S/C14H21N3O/c1-11(12-4-6-16-7-5-12)9-14(18)17-8-2-3-13(17)10-15/h4-7,11,13H,2-3,8-10,15H2,1H3/t11-,13+/m0/s1. The molecule has 1 aliphatic heterocycles. The Balaban J connectivity index is 1.95. The molecular weight excluding hydrogens is 226 g/mol. The first kappa shape index (κ1) is 13.0. The molecule has 0 radical (unpaired) electrons. The maximum atomic E-state index is 12.3. The molecule has 0 aliphatic carbocycles. The molecule has 1 saturated heterocycles. The van der Waals surface area contributed by atoms with Gasteiger partial charge in [-0.2, -0.15) is 0 Å². The van der Waals surface area contributed by atoms with Crippen molar-refractivity contribution in [3.63, 3.8) is 0 Å². The van der Waals surface area contributed by atoms with Crippen molar-refractivity contribution in [2.75, 3.05) is 13.1 Å². The van der Waals surface area contributed by atoms with Gasteiger partial charge in [-0.25, -0.2) is 0 Å². The second-order valence-electron chi connectivity index (χ2n) is 5.00. The van der Waals surface area contributed by atoms with Crippen LogP contribution in [0.5, 0.6) is 0 Å². The van der Waals surface area contributed by atoms with Crippen LogP contribution in [-0.4, -0.2) is 34.9 Å². The molecule has 2 atom stereocenters. The summed E-state index contributed by atoms with van der Waals surface area (Å²) < 4.78 is 0. The average Bonchev–Trinajstić information content (AvgIpc) is 2.88. The summed E-state index contributed by atoms with van der Waals surface area (Å²) in [6, 6.07) is 4.20. The average molecular weight is 247 g/mol. The van der Waals surface area contributed by atoms with Crippen molar-refractivity contribution in [1.82, 2.24) is 9.88 Å². The monoisotopic (exact) mass is 247 g/mol. The highest BCUT2D eigenvalue weighted by Gasteiger charge is 2.28. The molecule has 0 saturated carbocycles. The molecule has 1 fully saturated rings. The second-order valence-corrected chi connectivity index (χ2v) is 5.00. The van der Waals surface area contributed by atoms with Crippen LogP contribution in [0.2, 0.25) is 0 Å². The van der Waals surface area contributed by atoms with Crippen LogP contribution in [-0.2, 0) is 4.79 Å². The fourth-order valence-corrected chi connectivity index (χ4v) is 2.60. The Kier molecular flexibility index (Phi) is 4.31. The highest BCUT2D eigenvalue weighted by molar-refractivity contribution is 5.77. The summed E-state index contributed by atoms with van der Waals surface area (Å²) >= 11 is 0. The maximum absolute atomic E-state index is 12.3. The van der Waals surface area contributed by atoms with E-state index in [0.29, 0.717) is 13.0 Å². The Morgan fingerprint density at radius 2 is 2.28 bits per heavy atom. The third kappa shape index (κ3) is 2.88. The molecule has 1 aromatic rings. The van der Waals surface area contributed by atoms with Gasteiger partial charge in [0.1, 0.15) is 0 Å². The minimum Gasteiger partial charge on any atom is -0.338 e. The summed E-state index contributed by atoms with van der Waals surface area (Å²) in [5.41, 5.74) is 6.87. The molecule has 1 amide bonds. The van der Waals surface area contributed by atoms with Crippen molar-refractivity contribution < 1.29 is 4.79 Å². The van der Waals surface area contributed by atoms with Crippen molar-refractivity contribution in [1.29, 1.82) is 0 Å². The zero-order chi connectivity index (χ0) is 13.0. The lowest BCUT2D eigenvalue weighted by Crippen LogP contribution is -2.40. The number of hydrogen-bond donors (Lipinski definition) is 1. The molecule has 2 N–H and O–H groups in total. The van der Waals surface area contributed by atoms with Crippen molar-refractivity contribution in [2.45, 2.75) is 38.1 Å². The third-order valence-electron chi connectivity index (χ3n) is 3.73. The van der Waals surface area contributed by atoms with Crippen LogP contribution >= 0.6 is 0 Å². The number of amides is 1. The minimum absolute atomic E-state index is 0.229. The van der Waals surface area contributed by atoms with Crippen LogP contribution in [0.3, 0.4) is 0 Å². The summed E-state index contributed by atoms with van der Waals surface area (Å²) in [7, 11) is 0. The van der Waals surface area contributed by atoms with E-state index >= 15 is 0 Å². The van der Waals surface area contributed by atoms with Gasteiger partial charge in [0.25, 0.3) is 0 Å². The zero-order valence-corrected chi connectivity index (χ0v) is 10.9. The van der Waals surface area contributed by atoms with Gasteiger partial charge in [0, 0.05) is 37.9 Å². The Morgan fingerprint density at radius 1 is 1.56 bits per heavy atom. The number of carbonyl (C=O) groups excluding carboxylic acids is 1. The lowest BCUT2D eigenvalue weighted by Gasteiger charge is -2.25. The van der Waals surface area contributed by atoms with Crippen LogP contribution in [0.25, 0.3) is 0 Å². The maximum Gasteiger partial charge on any atom is 0.223 e. The van der Waals surface area contributed by atoms with Crippen LogP contribution in [0.15, 0.2) is 24.5 Å². The second kappa shape index (κ2) is 5.96. The molecule has 4 nitrogen and oxygen atoms in total. The number of hydrogen-bond acceptors (Lipinski definition) is 3. The van der Waals surface area contributed by atoms with Crippen LogP contribution in [0.4, 0.5) is 0 Å². The van der Waals surface area contributed by atoms with Crippen LogP contribution in [0, 0.1) is 0 Å². The predicted octanol–water partition coefficient (Wildman–Crippen LogP) is 1.52. The summed E-state index contributed by atoms with van der Waals surface area (Å²) in [6.45, 7) is 3.53. The van der Waals surface area contributed by atoms with Crippen molar-refractivity contribution in [3.8, 4) is 0 Å². The molecule has 0 unspecified atom stereocenters. The number of likely N-dealkylation sites (tertiary alicyclic amines) is 1. The van der Waals surface area contributed by atoms with Gasteiger partial charge in [0.2, 0.25) is 5.91 Å². The van der Waals surface area contributed by atoms with Gasteiger partial charge in [0.15, 0.2) is 0 Å². The topological polar surface area (TPSA) is 59.2 Å². The van der Waals surface area contributed by atoms with Crippen LogP contribution < -0.4 is 5.73 Å². The first-order valence-electron chi connectivity index (χ1n) is 6.62. The summed E-state index contributed by atoms with van der Waals surface area (Å²) in [5.74, 6) is 0.465. The van der Waals surface area contributed by atoms with E-state index in [9.17, 15) is 4.79 Å². The zero-order valence-electron chi connectivity index (χ0n) is 10.9. The van der Waals surface area contributed by atoms with Crippen LogP contribution in [0.1, 0.15) is 37.7 Å². The van der Waals surface area contributed by atoms with Gasteiger partial charge in [0.05, 0.1) is 0 Å². The predicted molar refractivity (Wildman–Crippen MR) is 71.1 cm³/mol. The molecule has 0 bridgehead atoms. The van der Waals surface area contributed by atoms with Gasteiger partial charge in [-0.05, 0) is 36.5 Å². The smallest absolute Gasteiger partial charge is 0.223 e. The number of pyridine rings is 1. The molecule has 2 heterocycles. The van der Waals surface area contributed by atoms with Gasteiger partial charge in [-0.15, -0.1) is 0 Å². The number of nitrogens with two attached hydrogens (primary N) is 1. The first-order chi connectivity index (χ1) is 8.72. The van der Waals surface area contributed by atoms with E-state index in [0.717, 1.165) is 19.4 Å². The normalized spacial score (nSPS) is 21.0. The third-order valence-corrected chi connectivity index (χ3v) is 3.73. The van der Waals surface area contributed by atoms with E-state index in [1.54, 1.807) is 12.4 Å². The Labute approximate surface area is 108 Å². The lowest BCUT2D eigenvalue weighted by molar-refractivity contribution is -0.132. The highest BCUT2D eigenvalue weighted by atomic mass is 16.2. The molecule has 4 heteroatoms. The van der Waals surface area contributed by atoms with Gasteiger partial charge >= 0.3 is 0 Å². The molecule has 98 valence electrons.